The molecule has 2 nitrogen and oxygen atoms in total. The maximum Gasteiger partial charge on any atom is 0.0799 e. The zero-order valence-corrected chi connectivity index (χ0v) is 24.1. The molecule has 0 aliphatic carbocycles. The molecule has 183 valence electrons. The summed E-state index contributed by atoms with van der Waals surface area (Å²) in [6.07, 6.45) is 2.10. The van der Waals surface area contributed by atoms with Gasteiger partial charge >= 0.3 is 0 Å². The van der Waals surface area contributed by atoms with E-state index in [0.29, 0.717) is 5.56 Å². The summed E-state index contributed by atoms with van der Waals surface area (Å²) in [5, 5.41) is 1.06. The molecule has 5 rings (SSSR count). The van der Waals surface area contributed by atoms with Gasteiger partial charge in [-0.05, 0) is 34.6 Å². The summed E-state index contributed by atoms with van der Waals surface area (Å²) in [5.41, 5.74) is 5.05. The van der Waals surface area contributed by atoms with Gasteiger partial charge in [0.25, 0.3) is 0 Å². The standard InChI is InChI=1S/C21H22NSi.C11H8N.Ir/c1-23(2,3)21-16-22-20(18-12-8-5-9-13-18)15-19(21)14-17-10-6-4-7-11-17;1-2-6-10(7-3-1)11-8-4-5-9-12-11;/h4-12,15-16H,14H2,1-3H3;1-6,8-9H;/q2*-1;/i14D2;;. The van der Waals surface area contributed by atoms with E-state index in [1.54, 1.807) is 6.20 Å². The summed E-state index contributed by atoms with van der Waals surface area (Å²) >= 11 is 0. The van der Waals surface area contributed by atoms with Crippen molar-refractivity contribution in [2.45, 2.75) is 26.0 Å². The van der Waals surface area contributed by atoms with Crippen LogP contribution in [0.25, 0.3) is 22.5 Å². The smallest absolute Gasteiger partial charge is 0.0799 e. The molecule has 0 atom stereocenters. The van der Waals surface area contributed by atoms with Crippen molar-refractivity contribution in [3.05, 3.63) is 139 Å². The second-order valence-electron chi connectivity index (χ2n) is 9.12. The van der Waals surface area contributed by atoms with Crippen molar-refractivity contribution in [3.63, 3.8) is 0 Å². The summed E-state index contributed by atoms with van der Waals surface area (Å²) in [4.78, 5) is 8.84. The summed E-state index contributed by atoms with van der Waals surface area (Å²) in [5.74, 6) is 0. The van der Waals surface area contributed by atoms with Gasteiger partial charge in [-0.1, -0.05) is 73.7 Å². The van der Waals surface area contributed by atoms with Gasteiger partial charge in [-0.2, -0.15) is 0 Å². The SMILES string of the molecule is [2H]C([2H])(c1ccccc1)c1cc(-c2[c-]cccc2)ncc1[Si](C)(C)C.[Ir].[c-]1ccccc1-c1ccccn1. The van der Waals surface area contributed by atoms with Crippen molar-refractivity contribution in [2.75, 3.05) is 0 Å². The van der Waals surface area contributed by atoms with Gasteiger partial charge < -0.3 is 9.97 Å². The zero-order valence-electron chi connectivity index (χ0n) is 22.7. The third-order valence-corrected chi connectivity index (χ3v) is 7.41. The van der Waals surface area contributed by atoms with Crippen LogP contribution in [0.5, 0.6) is 0 Å². The van der Waals surface area contributed by atoms with Crippen LogP contribution in [0.2, 0.25) is 19.6 Å². The van der Waals surface area contributed by atoms with E-state index in [1.807, 2.05) is 109 Å². The van der Waals surface area contributed by atoms with Gasteiger partial charge in [0.1, 0.15) is 0 Å². The van der Waals surface area contributed by atoms with E-state index in [2.05, 4.69) is 41.7 Å². The van der Waals surface area contributed by atoms with Crippen LogP contribution in [0, 0.1) is 12.1 Å². The third kappa shape index (κ3) is 7.66. The molecule has 5 aromatic rings. The Labute approximate surface area is 232 Å². The van der Waals surface area contributed by atoms with E-state index in [-0.39, 0.29) is 20.1 Å². The van der Waals surface area contributed by atoms with Gasteiger partial charge in [0.2, 0.25) is 0 Å². The number of hydrogen-bond donors (Lipinski definition) is 0. The van der Waals surface area contributed by atoms with Crippen LogP contribution in [0.15, 0.2) is 116 Å². The molecule has 0 saturated heterocycles. The second-order valence-corrected chi connectivity index (χ2v) is 14.2. The minimum absolute atomic E-state index is 0. The zero-order chi connectivity index (χ0) is 26.3. The first kappa shape index (κ1) is 24.5. The average molecular weight is 665 g/mol. The van der Waals surface area contributed by atoms with E-state index in [4.69, 9.17) is 2.74 Å². The van der Waals surface area contributed by atoms with Crippen molar-refractivity contribution in [3.8, 4) is 22.5 Å². The van der Waals surface area contributed by atoms with Gasteiger partial charge in [-0.15, -0.1) is 71.8 Å². The number of nitrogens with zero attached hydrogens (tertiary/aromatic N) is 2. The average Bonchev–Trinajstić information content (AvgIpc) is 2.94. The molecule has 0 saturated carbocycles. The molecule has 4 heteroatoms. The first-order valence-electron chi connectivity index (χ1n) is 12.7. The molecular formula is C32H30IrN2Si-2. The molecule has 0 aliphatic heterocycles. The Morgan fingerprint density at radius 1 is 0.722 bits per heavy atom. The monoisotopic (exact) mass is 665 g/mol. The molecule has 0 amide bonds. The molecular weight excluding hydrogens is 633 g/mol. The van der Waals surface area contributed by atoms with Crippen LogP contribution in [-0.4, -0.2) is 18.0 Å². The van der Waals surface area contributed by atoms with Crippen LogP contribution in [0.1, 0.15) is 13.9 Å². The van der Waals surface area contributed by atoms with E-state index < -0.39 is 14.4 Å². The topological polar surface area (TPSA) is 25.8 Å². The quantitative estimate of drug-likeness (QED) is 0.146. The van der Waals surface area contributed by atoms with E-state index >= 15 is 0 Å². The predicted molar refractivity (Wildman–Crippen MR) is 149 cm³/mol. The van der Waals surface area contributed by atoms with Crippen LogP contribution >= 0.6 is 0 Å². The molecule has 0 aliphatic rings. The van der Waals surface area contributed by atoms with E-state index in [0.717, 1.165) is 33.3 Å². The number of hydrogen-bond acceptors (Lipinski definition) is 2. The molecule has 0 unspecified atom stereocenters. The van der Waals surface area contributed by atoms with Crippen LogP contribution in [0.3, 0.4) is 0 Å². The molecule has 0 fully saturated rings. The molecule has 1 radical (unpaired) electrons. The van der Waals surface area contributed by atoms with Crippen molar-refractivity contribution < 1.29 is 22.8 Å². The number of benzene rings is 3. The fourth-order valence-electron chi connectivity index (χ4n) is 3.61. The minimum Gasteiger partial charge on any atom is -0.305 e. The van der Waals surface area contributed by atoms with Gasteiger partial charge in [0.05, 0.1) is 8.07 Å². The molecule has 0 spiro atoms. The Balaban J connectivity index is 0.000000258. The molecule has 36 heavy (non-hydrogen) atoms. The number of aromatic nitrogens is 2. The van der Waals surface area contributed by atoms with E-state index in [9.17, 15) is 0 Å². The predicted octanol–water partition coefficient (Wildman–Crippen LogP) is 7.23. The fourth-order valence-corrected chi connectivity index (χ4v) is 5.00. The van der Waals surface area contributed by atoms with Crippen LogP contribution in [0.4, 0.5) is 0 Å². The third-order valence-electron chi connectivity index (χ3n) is 5.40. The Bertz CT molecular complexity index is 1370. The van der Waals surface area contributed by atoms with Crippen molar-refractivity contribution in [1.82, 2.24) is 9.97 Å². The molecule has 0 N–H and O–H groups in total. The first-order valence-corrected chi connectivity index (χ1v) is 15.2. The Hall–Kier alpha value is -3.17. The maximum absolute atomic E-state index is 8.84. The Kier molecular flexibility index (Phi) is 9.00. The second kappa shape index (κ2) is 13.2. The summed E-state index contributed by atoms with van der Waals surface area (Å²) in [6.45, 7) is 6.68. The van der Waals surface area contributed by atoms with Gasteiger partial charge in [0.15, 0.2) is 0 Å². The Morgan fingerprint density at radius 2 is 1.33 bits per heavy atom. The summed E-state index contributed by atoms with van der Waals surface area (Å²) in [7, 11) is -1.76. The number of rotatable bonds is 5. The summed E-state index contributed by atoms with van der Waals surface area (Å²) in [6, 6.07) is 39.0. The first-order chi connectivity index (χ1) is 17.8. The van der Waals surface area contributed by atoms with Crippen molar-refractivity contribution in [1.29, 1.82) is 0 Å². The minimum atomic E-state index is -1.76. The van der Waals surface area contributed by atoms with Crippen LogP contribution in [-0.2, 0) is 26.5 Å². The normalized spacial score (nSPS) is 11.8. The molecule has 0 bridgehead atoms. The molecule has 3 aromatic carbocycles. The fraction of sp³-hybridized carbons (Fsp3) is 0.125. The Morgan fingerprint density at radius 3 is 1.89 bits per heavy atom. The molecule has 2 heterocycles. The van der Waals surface area contributed by atoms with Gasteiger partial charge in [-0.3, -0.25) is 0 Å². The van der Waals surface area contributed by atoms with Crippen LogP contribution < -0.4 is 5.19 Å². The van der Waals surface area contributed by atoms with Gasteiger partial charge in [0, 0.05) is 35.2 Å². The number of pyridine rings is 2. The maximum atomic E-state index is 8.84. The van der Waals surface area contributed by atoms with Crippen molar-refractivity contribution >= 4 is 13.3 Å². The largest absolute Gasteiger partial charge is 0.305 e. The van der Waals surface area contributed by atoms with E-state index in [1.165, 1.54) is 0 Å². The van der Waals surface area contributed by atoms with Gasteiger partial charge in [-0.25, -0.2) is 0 Å². The molecule has 2 aromatic heterocycles. The summed E-state index contributed by atoms with van der Waals surface area (Å²) < 4.78 is 17.7. The van der Waals surface area contributed by atoms with Crippen molar-refractivity contribution in [2.24, 2.45) is 0 Å².